The van der Waals surface area contributed by atoms with Crippen LogP contribution in [0.2, 0.25) is 0 Å². The zero-order valence-electron chi connectivity index (χ0n) is 13.4. The summed E-state index contributed by atoms with van der Waals surface area (Å²) in [6, 6.07) is 8.48. The number of fused-ring (bicyclic) bond motifs is 1. The highest BCUT2D eigenvalue weighted by Gasteiger charge is 2.42. The number of guanidine groups is 2. The minimum absolute atomic E-state index is 0.292. The van der Waals surface area contributed by atoms with Gasteiger partial charge in [-0.15, -0.1) is 0 Å². The third-order valence-corrected chi connectivity index (χ3v) is 4.98. The molecule has 6 heteroatoms. The maximum atomic E-state index is 6.27. The highest BCUT2D eigenvalue weighted by atomic mass is 15.4. The molecule has 1 fully saturated rings. The van der Waals surface area contributed by atoms with Crippen LogP contribution in [0, 0.1) is 0 Å². The van der Waals surface area contributed by atoms with E-state index in [1.807, 2.05) is 7.05 Å². The highest BCUT2D eigenvalue weighted by Crippen LogP contribution is 2.40. The molecule has 2 aromatic rings. The number of benzene rings is 1. The Balaban J connectivity index is 1.85. The van der Waals surface area contributed by atoms with Crippen molar-refractivity contribution in [2.75, 3.05) is 4.90 Å². The molecule has 1 spiro atoms. The van der Waals surface area contributed by atoms with Crippen LogP contribution in [0.4, 0.5) is 5.69 Å². The van der Waals surface area contributed by atoms with Gasteiger partial charge < -0.3 is 16.0 Å². The molecule has 0 radical (unpaired) electrons. The summed E-state index contributed by atoms with van der Waals surface area (Å²) >= 11 is 0. The summed E-state index contributed by atoms with van der Waals surface area (Å²) in [5, 5.41) is 1.21. The second kappa shape index (κ2) is 5.01. The third kappa shape index (κ3) is 2.17. The predicted molar refractivity (Wildman–Crippen MR) is 94.5 cm³/mol. The maximum absolute atomic E-state index is 6.27. The van der Waals surface area contributed by atoms with Gasteiger partial charge in [0, 0.05) is 24.4 Å². The Kier molecular flexibility index (Phi) is 3.07. The van der Waals surface area contributed by atoms with E-state index in [2.05, 4.69) is 44.9 Å². The first-order valence-electron chi connectivity index (χ1n) is 8.14. The lowest BCUT2D eigenvalue weighted by atomic mass is 9.87. The van der Waals surface area contributed by atoms with Crippen molar-refractivity contribution in [3.05, 3.63) is 30.5 Å². The quantitative estimate of drug-likeness (QED) is 0.847. The van der Waals surface area contributed by atoms with Crippen LogP contribution in [0.15, 0.2) is 40.4 Å². The molecule has 4 rings (SSSR count). The summed E-state index contributed by atoms with van der Waals surface area (Å²) < 4.78 is 2.11. The van der Waals surface area contributed by atoms with Crippen molar-refractivity contribution in [1.82, 2.24) is 4.57 Å². The molecular formula is C17H22N6. The molecular weight excluding hydrogens is 288 g/mol. The molecule has 6 nitrogen and oxygen atoms in total. The van der Waals surface area contributed by atoms with Crippen molar-refractivity contribution in [2.45, 2.75) is 37.8 Å². The van der Waals surface area contributed by atoms with E-state index >= 15 is 0 Å². The van der Waals surface area contributed by atoms with Crippen LogP contribution in [0.5, 0.6) is 0 Å². The molecule has 4 N–H and O–H groups in total. The fraction of sp³-hybridized carbons (Fsp3) is 0.412. The first-order chi connectivity index (χ1) is 11.1. The minimum Gasteiger partial charge on any atom is -0.369 e. The van der Waals surface area contributed by atoms with Gasteiger partial charge in [-0.05, 0) is 49.3 Å². The van der Waals surface area contributed by atoms with Gasteiger partial charge in [-0.25, -0.2) is 4.99 Å². The molecule has 0 amide bonds. The summed E-state index contributed by atoms with van der Waals surface area (Å²) in [4.78, 5) is 11.0. The fourth-order valence-electron chi connectivity index (χ4n) is 3.88. The lowest BCUT2D eigenvalue weighted by Crippen LogP contribution is -2.58. The molecule has 23 heavy (non-hydrogen) atoms. The van der Waals surface area contributed by atoms with Gasteiger partial charge in [0.2, 0.25) is 11.9 Å². The lowest BCUT2D eigenvalue weighted by Gasteiger charge is -2.45. The van der Waals surface area contributed by atoms with Gasteiger partial charge in [-0.3, -0.25) is 4.90 Å². The molecule has 0 bridgehead atoms. The van der Waals surface area contributed by atoms with E-state index in [9.17, 15) is 0 Å². The van der Waals surface area contributed by atoms with Gasteiger partial charge in [0.1, 0.15) is 5.66 Å². The molecule has 120 valence electrons. The number of anilines is 1. The molecule has 1 saturated carbocycles. The van der Waals surface area contributed by atoms with E-state index in [0.29, 0.717) is 11.9 Å². The van der Waals surface area contributed by atoms with E-state index in [4.69, 9.17) is 16.5 Å². The first-order valence-corrected chi connectivity index (χ1v) is 8.14. The Morgan fingerprint density at radius 1 is 1.09 bits per heavy atom. The zero-order valence-corrected chi connectivity index (χ0v) is 13.4. The number of nitrogens with zero attached hydrogens (tertiary/aromatic N) is 4. The fourth-order valence-corrected chi connectivity index (χ4v) is 3.88. The van der Waals surface area contributed by atoms with Crippen LogP contribution >= 0.6 is 0 Å². The largest absolute Gasteiger partial charge is 0.369 e. The van der Waals surface area contributed by atoms with Gasteiger partial charge in [0.25, 0.3) is 0 Å². The van der Waals surface area contributed by atoms with E-state index in [0.717, 1.165) is 31.4 Å². The normalized spacial score (nSPS) is 20.7. The maximum Gasteiger partial charge on any atom is 0.220 e. The van der Waals surface area contributed by atoms with Crippen molar-refractivity contribution >= 4 is 28.5 Å². The molecule has 2 heterocycles. The number of aromatic nitrogens is 1. The van der Waals surface area contributed by atoms with E-state index in [1.54, 1.807) is 0 Å². The van der Waals surface area contributed by atoms with Crippen molar-refractivity contribution in [3.63, 3.8) is 0 Å². The Labute approximate surface area is 135 Å². The summed E-state index contributed by atoms with van der Waals surface area (Å²) in [5.41, 5.74) is 14.0. The summed E-state index contributed by atoms with van der Waals surface area (Å²) in [5.74, 6) is 0.730. The number of nitrogens with two attached hydrogens (primary N) is 2. The van der Waals surface area contributed by atoms with Gasteiger partial charge >= 0.3 is 0 Å². The first kappa shape index (κ1) is 14.1. The van der Waals surface area contributed by atoms with Crippen LogP contribution in [-0.4, -0.2) is 22.1 Å². The SMILES string of the molecule is Cn1ccc2ccc(N3C(N)=NC(N)=NC34CCCCC4)cc21. The zero-order chi connectivity index (χ0) is 16.0. The van der Waals surface area contributed by atoms with Crippen LogP contribution in [-0.2, 0) is 7.05 Å². The van der Waals surface area contributed by atoms with Crippen LogP contribution in [0.3, 0.4) is 0 Å². The van der Waals surface area contributed by atoms with Gasteiger partial charge in [0.15, 0.2) is 0 Å². The number of rotatable bonds is 1. The van der Waals surface area contributed by atoms with Crippen LogP contribution < -0.4 is 16.4 Å². The standard InChI is InChI=1S/C17H22N6/c1-22-10-7-12-5-6-13(11-14(12)22)23-16(19)20-15(18)21-17(23)8-3-2-4-9-17/h5-7,10-11H,2-4,8-9H2,1H3,(H4,18,19,20,21). The lowest BCUT2D eigenvalue weighted by molar-refractivity contribution is 0.305. The van der Waals surface area contributed by atoms with Crippen molar-refractivity contribution in [1.29, 1.82) is 0 Å². The van der Waals surface area contributed by atoms with Gasteiger partial charge in [-0.1, -0.05) is 12.5 Å². The number of hydrogen-bond donors (Lipinski definition) is 2. The van der Waals surface area contributed by atoms with Crippen molar-refractivity contribution in [2.24, 2.45) is 28.5 Å². The molecule has 0 saturated heterocycles. The van der Waals surface area contributed by atoms with E-state index in [1.165, 1.54) is 17.3 Å². The second-order valence-corrected chi connectivity index (χ2v) is 6.49. The van der Waals surface area contributed by atoms with E-state index < -0.39 is 0 Å². The number of hydrogen-bond acceptors (Lipinski definition) is 5. The molecule has 1 aromatic heterocycles. The summed E-state index contributed by atoms with van der Waals surface area (Å²) in [6.45, 7) is 0. The van der Waals surface area contributed by atoms with Gasteiger partial charge in [0.05, 0.1) is 0 Å². The Morgan fingerprint density at radius 3 is 2.65 bits per heavy atom. The number of aryl methyl sites for hydroxylation is 1. The van der Waals surface area contributed by atoms with Crippen molar-refractivity contribution in [3.8, 4) is 0 Å². The van der Waals surface area contributed by atoms with Crippen LogP contribution in [0.1, 0.15) is 32.1 Å². The monoisotopic (exact) mass is 310 g/mol. The minimum atomic E-state index is -0.382. The van der Waals surface area contributed by atoms with Crippen molar-refractivity contribution < 1.29 is 0 Å². The molecule has 1 aromatic carbocycles. The summed E-state index contributed by atoms with van der Waals surface area (Å²) in [6.07, 6.45) is 7.47. The second-order valence-electron chi connectivity index (χ2n) is 6.49. The topological polar surface area (TPSA) is 84.9 Å². The van der Waals surface area contributed by atoms with E-state index in [-0.39, 0.29) is 5.66 Å². The molecule has 1 aliphatic heterocycles. The number of aliphatic imine (C=N–C) groups is 2. The predicted octanol–water partition coefficient (Wildman–Crippen LogP) is 2.29. The van der Waals surface area contributed by atoms with Gasteiger partial charge in [-0.2, -0.15) is 4.99 Å². The smallest absolute Gasteiger partial charge is 0.220 e. The Hall–Kier alpha value is -2.50. The highest BCUT2D eigenvalue weighted by molar-refractivity contribution is 6.06. The Morgan fingerprint density at radius 2 is 1.87 bits per heavy atom. The molecule has 0 unspecified atom stereocenters. The van der Waals surface area contributed by atoms with Crippen LogP contribution in [0.25, 0.3) is 10.9 Å². The summed E-state index contributed by atoms with van der Waals surface area (Å²) in [7, 11) is 2.05. The third-order valence-electron chi connectivity index (χ3n) is 4.98. The molecule has 1 aliphatic carbocycles. The average molecular weight is 310 g/mol. The Bertz CT molecular complexity index is 810. The average Bonchev–Trinajstić information content (AvgIpc) is 2.88. The molecule has 2 aliphatic rings. The molecule has 0 atom stereocenters.